The second kappa shape index (κ2) is 7.38. The van der Waals surface area contributed by atoms with Gasteiger partial charge in [-0.15, -0.1) is 11.3 Å². The van der Waals surface area contributed by atoms with Crippen LogP contribution in [0, 0.1) is 5.82 Å². The fourth-order valence-corrected chi connectivity index (χ4v) is 3.81. The first-order valence-electron chi connectivity index (χ1n) is 7.73. The van der Waals surface area contributed by atoms with Crippen molar-refractivity contribution >= 4 is 27.3 Å². The van der Waals surface area contributed by atoms with E-state index in [2.05, 4.69) is 5.32 Å². The highest BCUT2D eigenvalue weighted by atomic mass is 32.1. The summed E-state index contributed by atoms with van der Waals surface area (Å²) in [6.07, 6.45) is 1.48. The topological polar surface area (TPSA) is 64.3 Å². The quantitative estimate of drug-likeness (QED) is 0.813. The van der Waals surface area contributed by atoms with Crippen molar-refractivity contribution in [2.24, 2.45) is 5.73 Å². The summed E-state index contributed by atoms with van der Waals surface area (Å²) in [6.45, 7) is 4.55. The number of benzene rings is 1. The fraction of sp³-hybridized carbons (Fsp3) is 0.471. The van der Waals surface area contributed by atoms with E-state index in [-0.39, 0.29) is 18.3 Å². The molecule has 0 saturated heterocycles. The number of carbonyl (C=O) groups excluding carboxylic acids is 1. The highest BCUT2D eigenvalue weighted by Gasteiger charge is 2.29. The molecule has 2 rings (SSSR count). The number of methoxy groups -OCH3 is 1. The first kappa shape index (κ1) is 17.8. The number of nitrogens with two attached hydrogens (primary N) is 1. The lowest BCUT2D eigenvalue weighted by molar-refractivity contribution is 0.0895. The van der Waals surface area contributed by atoms with E-state index in [0.29, 0.717) is 22.4 Å². The lowest BCUT2D eigenvalue weighted by Gasteiger charge is -2.31. The number of carbonyl (C=O) groups is 1. The molecule has 1 heterocycles. The Morgan fingerprint density at radius 3 is 2.65 bits per heavy atom. The minimum atomic E-state index is -0.434. The van der Waals surface area contributed by atoms with Crippen LogP contribution < -0.4 is 11.1 Å². The maximum atomic E-state index is 14.2. The van der Waals surface area contributed by atoms with E-state index in [1.807, 2.05) is 19.9 Å². The Morgan fingerprint density at radius 2 is 2.09 bits per heavy atom. The molecule has 0 radical (unpaired) electrons. The Balaban J connectivity index is 2.48. The van der Waals surface area contributed by atoms with Gasteiger partial charge in [0, 0.05) is 29.3 Å². The second-order valence-electron chi connectivity index (χ2n) is 5.60. The van der Waals surface area contributed by atoms with Crippen molar-refractivity contribution < 1.29 is 13.9 Å². The van der Waals surface area contributed by atoms with Gasteiger partial charge in [-0.25, -0.2) is 4.39 Å². The van der Waals surface area contributed by atoms with Crippen LogP contribution in [0.15, 0.2) is 18.2 Å². The number of ether oxygens (including phenoxy) is 1. The third kappa shape index (κ3) is 3.39. The molecule has 0 atom stereocenters. The van der Waals surface area contributed by atoms with Crippen molar-refractivity contribution in [1.29, 1.82) is 0 Å². The maximum Gasteiger partial charge on any atom is 0.262 e. The monoisotopic (exact) mass is 338 g/mol. The maximum absolute atomic E-state index is 14.2. The van der Waals surface area contributed by atoms with Crippen molar-refractivity contribution in [2.45, 2.75) is 38.8 Å². The van der Waals surface area contributed by atoms with Crippen molar-refractivity contribution in [3.8, 4) is 0 Å². The number of hydrogen-bond acceptors (Lipinski definition) is 4. The molecule has 1 aromatic carbocycles. The van der Waals surface area contributed by atoms with Crippen LogP contribution in [-0.2, 0) is 11.3 Å². The molecule has 1 amide bonds. The van der Waals surface area contributed by atoms with E-state index >= 15 is 0 Å². The Labute approximate surface area is 139 Å². The van der Waals surface area contributed by atoms with Crippen molar-refractivity contribution in [1.82, 2.24) is 5.32 Å². The predicted molar refractivity (Wildman–Crippen MR) is 92.3 cm³/mol. The summed E-state index contributed by atoms with van der Waals surface area (Å²) >= 11 is 1.29. The standard InChI is InChI=1S/C17H23FN2O2S/c1-4-17(5-2,10-19)20-16(21)15-11(9-22-3)14-12(18)7-6-8-13(14)23-15/h6-8H,4-5,9-10,19H2,1-3H3,(H,20,21). The summed E-state index contributed by atoms with van der Waals surface area (Å²) < 4.78 is 20.1. The first-order valence-corrected chi connectivity index (χ1v) is 8.55. The minimum Gasteiger partial charge on any atom is -0.380 e. The van der Waals surface area contributed by atoms with Crippen LogP contribution in [0.2, 0.25) is 0 Å². The van der Waals surface area contributed by atoms with Crippen LogP contribution in [0.25, 0.3) is 10.1 Å². The van der Waals surface area contributed by atoms with Gasteiger partial charge in [0.05, 0.1) is 17.0 Å². The Bertz CT molecular complexity index is 687. The molecule has 1 aromatic heterocycles. The summed E-state index contributed by atoms with van der Waals surface area (Å²) in [5.41, 5.74) is 6.02. The largest absolute Gasteiger partial charge is 0.380 e. The smallest absolute Gasteiger partial charge is 0.262 e. The van der Waals surface area contributed by atoms with Gasteiger partial charge in [-0.05, 0) is 25.0 Å². The zero-order valence-corrected chi connectivity index (χ0v) is 14.6. The fourth-order valence-electron chi connectivity index (χ4n) is 2.70. The number of thiophene rings is 1. The molecule has 0 bridgehead atoms. The second-order valence-corrected chi connectivity index (χ2v) is 6.65. The van der Waals surface area contributed by atoms with Gasteiger partial charge in [0.1, 0.15) is 5.82 Å². The van der Waals surface area contributed by atoms with E-state index in [1.165, 1.54) is 24.5 Å². The highest BCUT2D eigenvalue weighted by Crippen LogP contribution is 2.34. The molecule has 126 valence electrons. The zero-order chi connectivity index (χ0) is 17.0. The van der Waals surface area contributed by atoms with E-state index in [9.17, 15) is 9.18 Å². The number of halogens is 1. The molecular weight excluding hydrogens is 315 g/mol. The van der Waals surface area contributed by atoms with Gasteiger partial charge in [0.15, 0.2) is 0 Å². The van der Waals surface area contributed by atoms with Gasteiger partial charge in [-0.3, -0.25) is 4.79 Å². The third-order valence-corrected chi connectivity index (χ3v) is 5.58. The van der Waals surface area contributed by atoms with E-state index < -0.39 is 5.54 Å². The van der Waals surface area contributed by atoms with Crippen LogP contribution >= 0.6 is 11.3 Å². The average Bonchev–Trinajstić information content (AvgIpc) is 2.93. The molecule has 2 aromatic rings. The Morgan fingerprint density at radius 1 is 1.39 bits per heavy atom. The lowest BCUT2D eigenvalue weighted by atomic mass is 9.92. The van der Waals surface area contributed by atoms with Crippen LogP contribution in [-0.4, -0.2) is 25.1 Å². The first-order chi connectivity index (χ1) is 11.0. The molecular formula is C17H23FN2O2S. The van der Waals surface area contributed by atoms with Gasteiger partial charge in [-0.2, -0.15) is 0 Å². The normalized spacial score (nSPS) is 11.9. The highest BCUT2D eigenvalue weighted by molar-refractivity contribution is 7.21. The molecule has 0 spiro atoms. The van der Waals surface area contributed by atoms with Gasteiger partial charge in [-0.1, -0.05) is 19.9 Å². The molecule has 4 nitrogen and oxygen atoms in total. The van der Waals surface area contributed by atoms with Crippen molar-refractivity contribution in [2.75, 3.05) is 13.7 Å². The number of rotatable bonds is 7. The number of amides is 1. The van der Waals surface area contributed by atoms with Crippen molar-refractivity contribution in [3.05, 3.63) is 34.5 Å². The zero-order valence-electron chi connectivity index (χ0n) is 13.7. The lowest BCUT2D eigenvalue weighted by Crippen LogP contribution is -2.52. The number of fused-ring (bicyclic) bond motifs is 1. The average molecular weight is 338 g/mol. The SMILES string of the molecule is CCC(CC)(CN)NC(=O)c1sc2cccc(F)c2c1COC. The molecule has 23 heavy (non-hydrogen) atoms. The minimum absolute atomic E-state index is 0.192. The third-order valence-electron chi connectivity index (χ3n) is 4.38. The summed E-state index contributed by atoms with van der Waals surface area (Å²) in [7, 11) is 1.54. The molecule has 0 aliphatic heterocycles. The number of hydrogen-bond donors (Lipinski definition) is 2. The molecule has 0 fully saturated rings. The number of nitrogens with one attached hydrogen (secondary N) is 1. The molecule has 3 N–H and O–H groups in total. The summed E-state index contributed by atoms with van der Waals surface area (Å²) in [5.74, 6) is -0.548. The summed E-state index contributed by atoms with van der Waals surface area (Å²) in [6, 6.07) is 4.86. The molecule has 6 heteroatoms. The van der Waals surface area contributed by atoms with E-state index in [0.717, 1.165) is 17.5 Å². The Hall–Kier alpha value is -1.50. The van der Waals surface area contributed by atoms with Gasteiger partial charge in [0.2, 0.25) is 0 Å². The van der Waals surface area contributed by atoms with E-state index in [1.54, 1.807) is 6.07 Å². The molecule has 0 aliphatic carbocycles. The summed E-state index contributed by atoms with van der Waals surface area (Å²) in [4.78, 5) is 13.3. The van der Waals surface area contributed by atoms with Crippen LogP contribution in [0.3, 0.4) is 0 Å². The molecule has 0 aliphatic rings. The van der Waals surface area contributed by atoms with E-state index in [4.69, 9.17) is 10.5 Å². The predicted octanol–water partition coefficient (Wildman–Crippen LogP) is 3.43. The Kier molecular flexibility index (Phi) is 5.73. The van der Waals surface area contributed by atoms with Crippen LogP contribution in [0.4, 0.5) is 4.39 Å². The van der Waals surface area contributed by atoms with Gasteiger partial charge < -0.3 is 15.8 Å². The van der Waals surface area contributed by atoms with Gasteiger partial charge in [0.25, 0.3) is 5.91 Å². The van der Waals surface area contributed by atoms with Gasteiger partial charge >= 0.3 is 0 Å². The summed E-state index contributed by atoms with van der Waals surface area (Å²) in [5, 5.41) is 3.51. The van der Waals surface area contributed by atoms with Crippen molar-refractivity contribution in [3.63, 3.8) is 0 Å². The van der Waals surface area contributed by atoms with Crippen LogP contribution in [0.5, 0.6) is 0 Å². The molecule has 0 unspecified atom stereocenters. The van der Waals surface area contributed by atoms with Crippen LogP contribution in [0.1, 0.15) is 41.9 Å². The molecule has 0 saturated carbocycles.